The third-order valence-corrected chi connectivity index (χ3v) is 6.32. The van der Waals surface area contributed by atoms with E-state index in [0.717, 1.165) is 50.1 Å². The van der Waals surface area contributed by atoms with Gasteiger partial charge in [-0.1, -0.05) is 25.1 Å². The zero-order chi connectivity index (χ0) is 15.6. The Hall–Kier alpha value is -1.36. The lowest BCUT2D eigenvalue weighted by atomic mass is 9.73. The highest BCUT2D eigenvalue weighted by Gasteiger charge is 2.58. The Morgan fingerprint density at radius 3 is 3.13 bits per heavy atom. The maximum absolute atomic E-state index is 11.0. The molecule has 4 heterocycles. The lowest BCUT2D eigenvalue weighted by molar-refractivity contribution is 0.0376. The molecule has 122 valence electrons. The van der Waals surface area contributed by atoms with Crippen LogP contribution in [0.25, 0.3) is 10.9 Å². The third-order valence-electron chi connectivity index (χ3n) is 6.32. The van der Waals surface area contributed by atoms with E-state index >= 15 is 0 Å². The van der Waals surface area contributed by atoms with Gasteiger partial charge >= 0.3 is 0 Å². The van der Waals surface area contributed by atoms with Crippen LogP contribution in [-0.2, 0) is 11.2 Å². The molecule has 0 aliphatic carbocycles. The van der Waals surface area contributed by atoms with Crippen LogP contribution in [0, 0.1) is 5.41 Å². The number of epoxide rings is 1. The van der Waals surface area contributed by atoms with Gasteiger partial charge in [-0.25, -0.2) is 0 Å². The minimum atomic E-state index is -0.430. The number of H-pyrrole nitrogens is 1. The summed E-state index contributed by atoms with van der Waals surface area (Å²) in [6.45, 7) is 5.42. The fourth-order valence-corrected chi connectivity index (χ4v) is 5.01. The van der Waals surface area contributed by atoms with E-state index in [2.05, 4.69) is 41.1 Å². The molecule has 4 heteroatoms. The van der Waals surface area contributed by atoms with Crippen molar-refractivity contribution in [2.24, 2.45) is 5.41 Å². The summed E-state index contributed by atoms with van der Waals surface area (Å²) in [5.74, 6) is 0. The largest absolute Gasteiger partial charge is 0.387 e. The maximum Gasteiger partial charge on any atom is 0.0974 e. The van der Waals surface area contributed by atoms with Gasteiger partial charge in [0.25, 0.3) is 0 Å². The second kappa shape index (κ2) is 4.82. The number of piperidine rings is 1. The molecule has 0 amide bonds. The molecular formula is C19H24N2O2. The number of nitrogens with one attached hydrogen (secondary N) is 1. The Bertz CT molecular complexity index is 755. The first kappa shape index (κ1) is 14.0. The number of aromatic amines is 1. The first-order valence-electron chi connectivity index (χ1n) is 8.85. The second-order valence-electron chi connectivity index (χ2n) is 7.58. The normalized spacial score (nSPS) is 39.0. The summed E-state index contributed by atoms with van der Waals surface area (Å²) in [6, 6.07) is 8.42. The van der Waals surface area contributed by atoms with E-state index in [9.17, 15) is 5.11 Å². The molecule has 2 saturated heterocycles. The quantitative estimate of drug-likeness (QED) is 0.796. The lowest BCUT2D eigenvalue weighted by Crippen LogP contribution is -2.49. The van der Waals surface area contributed by atoms with Crippen molar-refractivity contribution in [1.29, 1.82) is 0 Å². The number of hydrogen-bond acceptors (Lipinski definition) is 3. The topological polar surface area (TPSA) is 51.8 Å². The molecule has 4 nitrogen and oxygen atoms in total. The van der Waals surface area contributed by atoms with E-state index in [1.54, 1.807) is 0 Å². The first-order chi connectivity index (χ1) is 11.2. The van der Waals surface area contributed by atoms with Crippen molar-refractivity contribution in [3.05, 3.63) is 35.5 Å². The van der Waals surface area contributed by atoms with Crippen molar-refractivity contribution in [1.82, 2.24) is 9.88 Å². The highest BCUT2D eigenvalue weighted by atomic mass is 16.6. The van der Waals surface area contributed by atoms with E-state index in [4.69, 9.17) is 4.74 Å². The van der Waals surface area contributed by atoms with Crippen molar-refractivity contribution in [2.75, 3.05) is 19.6 Å². The molecule has 0 radical (unpaired) electrons. The monoisotopic (exact) mass is 312 g/mol. The van der Waals surface area contributed by atoms with Gasteiger partial charge in [-0.3, -0.25) is 4.90 Å². The van der Waals surface area contributed by atoms with Crippen molar-refractivity contribution >= 4 is 10.9 Å². The summed E-state index contributed by atoms with van der Waals surface area (Å²) in [5, 5.41) is 12.3. The highest BCUT2D eigenvalue weighted by molar-refractivity contribution is 5.84. The van der Waals surface area contributed by atoms with Gasteiger partial charge in [-0.15, -0.1) is 0 Å². The fraction of sp³-hybridized carbons (Fsp3) is 0.579. The van der Waals surface area contributed by atoms with Crippen LogP contribution in [0.1, 0.15) is 37.1 Å². The third kappa shape index (κ3) is 2.02. The second-order valence-corrected chi connectivity index (χ2v) is 7.58. The molecule has 3 aliphatic rings. The Morgan fingerprint density at radius 1 is 1.39 bits per heavy atom. The summed E-state index contributed by atoms with van der Waals surface area (Å²) < 4.78 is 5.97. The molecular weight excluding hydrogens is 288 g/mol. The van der Waals surface area contributed by atoms with Crippen LogP contribution < -0.4 is 0 Å². The number of rotatable bonds is 1. The summed E-state index contributed by atoms with van der Waals surface area (Å²) in [4.78, 5) is 6.06. The van der Waals surface area contributed by atoms with Gasteiger partial charge < -0.3 is 14.8 Å². The average molecular weight is 312 g/mol. The molecule has 3 aliphatic heterocycles. The maximum atomic E-state index is 11.0. The van der Waals surface area contributed by atoms with Gasteiger partial charge in [0.2, 0.25) is 0 Å². The number of nitrogens with zero attached hydrogens (tertiary/aromatic N) is 1. The van der Waals surface area contributed by atoms with E-state index in [0.29, 0.717) is 12.2 Å². The van der Waals surface area contributed by atoms with Crippen LogP contribution in [-0.4, -0.2) is 46.8 Å². The lowest BCUT2D eigenvalue weighted by Gasteiger charge is -2.40. The Labute approximate surface area is 136 Å². The fourth-order valence-electron chi connectivity index (χ4n) is 5.01. The van der Waals surface area contributed by atoms with Gasteiger partial charge in [0.15, 0.2) is 0 Å². The van der Waals surface area contributed by atoms with E-state index < -0.39 is 6.10 Å². The molecule has 5 unspecified atom stereocenters. The number of benzene rings is 1. The molecule has 2 fully saturated rings. The van der Waals surface area contributed by atoms with Crippen LogP contribution in [0.4, 0.5) is 0 Å². The number of aromatic nitrogens is 1. The molecule has 2 N–H and O–H groups in total. The summed E-state index contributed by atoms with van der Waals surface area (Å²) in [7, 11) is 0. The van der Waals surface area contributed by atoms with Gasteiger partial charge in [-0.05, 0) is 30.9 Å². The van der Waals surface area contributed by atoms with Gasteiger partial charge in [0.1, 0.15) is 0 Å². The summed E-state index contributed by atoms with van der Waals surface area (Å²) >= 11 is 0. The van der Waals surface area contributed by atoms with Gasteiger partial charge in [-0.2, -0.15) is 0 Å². The number of para-hydroxylation sites is 1. The predicted octanol–water partition coefficient (Wildman–Crippen LogP) is 2.63. The van der Waals surface area contributed by atoms with Crippen LogP contribution >= 0.6 is 0 Å². The van der Waals surface area contributed by atoms with Crippen molar-refractivity contribution in [2.45, 2.75) is 44.5 Å². The molecule has 1 aromatic heterocycles. The van der Waals surface area contributed by atoms with Gasteiger partial charge in [0.05, 0.1) is 18.3 Å². The Morgan fingerprint density at radius 2 is 2.26 bits per heavy atom. The smallest absolute Gasteiger partial charge is 0.0974 e. The molecule has 0 saturated carbocycles. The number of aliphatic hydroxyl groups is 1. The predicted molar refractivity (Wildman–Crippen MR) is 89.4 cm³/mol. The number of ether oxygens (including phenoxy) is 1. The number of fused-ring (bicyclic) bond motifs is 7. The Kier molecular flexibility index (Phi) is 2.94. The van der Waals surface area contributed by atoms with Crippen LogP contribution in [0.2, 0.25) is 0 Å². The molecule has 1 aromatic carbocycles. The molecule has 2 bridgehead atoms. The highest BCUT2D eigenvalue weighted by Crippen LogP contribution is 2.51. The average Bonchev–Trinajstić information content (AvgIpc) is 3.25. The van der Waals surface area contributed by atoms with Crippen LogP contribution in [0.5, 0.6) is 0 Å². The van der Waals surface area contributed by atoms with Crippen LogP contribution in [0.15, 0.2) is 24.3 Å². The van der Waals surface area contributed by atoms with E-state index in [1.807, 2.05) is 0 Å². The van der Waals surface area contributed by atoms with Crippen molar-refractivity contribution < 1.29 is 9.84 Å². The molecule has 0 spiro atoms. The SMILES string of the molecule is CCC12CC(O)c3[nH]c4ccccc4c3CCN(CC3OC31)C2. The minimum absolute atomic E-state index is 0.0985. The number of aliphatic hydroxyl groups excluding tert-OH is 1. The van der Waals surface area contributed by atoms with Crippen molar-refractivity contribution in [3.63, 3.8) is 0 Å². The zero-order valence-electron chi connectivity index (χ0n) is 13.6. The summed E-state index contributed by atoms with van der Waals surface area (Å²) in [5.41, 5.74) is 3.58. The van der Waals surface area contributed by atoms with Crippen LogP contribution in [0.3, 0.4) is 0 Å². The first-order valence-corrected chi connectivity index (χ1v) is 8.85. The standard InChI is InChI=1S/C19H24N2O2/c1-2-19-9-15(22)17-13(12-5-3-4-6-14(12)20-17)7-8-21(11-19)10-16-18(19)23-16/h3-6,15-16,18,20,22H,2,7-11H2,1H3. The summed E-state index contributed by atoms with van der Waals surface area (Å²) in [6.07, 6.45) is 3.17. The van der Waals surface area contributed by atoms with E-state index in [-0.39, 0.29) is 5.41 Å². The van der Waals surface area contributed by atoms with E-state index in [1.165, 1.54) is 10.9 Å². The molecule has 2 aromatic rings. The number of hydrogen-bond donors (Lipinski definition) is 2. The van der Waals surface area contributed by atoms with Gasteiger partial charge in [0, 0.05) is 41.6 Å². The van der Waals surface area contributed by atoms with Crippen molar-refractivity contribution in [3.8, 4) is 0 Å². The molecule has 5 rings (SSSR count). The minimum Gasteiger partial charge on any atom is -0.387 e. The molecule has 5 atom stereocenters. The zero-order valence-corrected chi connectivity index (χ0v) is 13.6. The molecule has 23 heavy (non-hydrogen) atoms. The Balaban J connectivity index is 1.62.